The average Bonchev–Trinajstić information content (AvgIpc) is 3.16. The summed E-state index contributed by atoms with van der Waals surface area (Å²) in [4.78, 5) is 25.9. The minimum atomic E-state index is 0.00799. The highest BCUT2D eigenvalue weighted by atomic mass is 16.2. The molecule has 0 saturated carbocycles. The van der Waals surface area contributed by atoms with Gasteiger partial charge in [-0.05, 0) is 19.9 Å². The third-order valence-corrected chi connectivity index (χ3v) is 4.60. The predicted molar refractivity (Wildman–Crippen MR) is 91.5 cm³/mol. The molecule has 3 rings (SSSR count). The summed E-state index contributed by atoms with van der Waals surface area (Å²) in [6.45, 7) is 7.95. The van der Waals surface area contributed by atoms with Crippen molar-refractivity contribution >= 4 is 11.8 Å². The Labute approximate surface area is 146 Å². The first-order valence-electron chi connectivity index (χ1n) is 8.58. The molecule has 25 heavy (non-hydrogen) atoms. The molecule has 134 valence electrons. The van der Waals surface area contributed by atoms with Crippen molar-refractivity contribution < 1.29 is 9.59 Å². The molecule has 1 aliphatic rings. The quantitative estimate of drug-likeness (QED) is 0.840. The first-order valence-corrected chi connectivity index (χ1v) is 8.58. The summed E-state index contributed by atoms with van der Waals surface area (Å²) in [5, 5.41) is 14.4. The Hall–Kier alpha value is -2.64. The Kier molecular flexibility index (Phi) is 4.87. The van der Waals surface area contributed by atoms with Gasteiger partial charge >= 0.3 is 0 Å². The summed E-state index contributed by atoms with van der Waals surface area (Å²) < 4.78 is 1.92. The van der Waals surface area contributed by atoms with Gasteiger partial charge in [0, 0.05) is 24.2 Å². The van der Waals surface area contributed by atoms with Crippen molar-refractivity contribution in [3.63, 3.8) is 0 Å². The molecule has 8 heteroatoms. The molecule has 0 aromatic carbocycles. The normalized spacial score (nSPS) is 13.6. The molecular weight excluding hydrogens is 320 g/mol. The zero-order chi connectivity index (χ0) is 18.0. The maximum atomic E-state index is 12.6. The predicted octanol–water partition coefficient (Wildman–Crippen LogP) is 0.834. The number of carbonyl (C=O) groups excluding carboxylic acids is 2. The van der Waals surface area contributed by atoms with Crippen LogP contribution in [0.5, 0.6) is 0 Å². The van der Waals surface area contributed by atoms with Crippen LogP contribution >= 0.6 is 0 Å². The van der Waals surface area contributed by atoms with Crippen molar-refractivity contribution in [3.05, 3.63) is 34.4 Å². The van der Waals surface area contributed by atoms with E-state index in [0.29, 0.717) is 39.0 Å². The maximum absolute atomic E-state index is 12.6. The monoisotopic (exact) mass is 344 g/mol. The minimum absolute atomic E-state index is 0.00799. The van der Waals surface area contributed by atoms with Crippen molar-refractivity contribution in [2.45, 2.75) is 53.2 Å². The number of nitrogens with one attached hydrogen (secondary N) is 2. The van der Waals surface area contributed by atoms with Crippen LogP contribution in [0.4, 0.5) is 0 Å². The molecule has 3 heterocycles. The molecule has 0 fully saturated rings. The van der Waals surface area contributed by atoms with Crippen molar-refractivity contribution in [2.75, 3.05) is 6.54 Å². The summed E-state index contributed by atoms with van der Waals surface area (Å²) in [6.07, 6.45) is 0.824. The number of aromatic nitrogens is 4. The number of amides is 2. The van der Waals surface area contributed by atoms with Gasteiger partial charge in [-0.3, -0.25) is 19.4 Å². The Morgan fingerprint density at radius 2 is 2.12 bits per heavy atom. The van der Waals surface area contributed by atoms with Crippen LogP contribution in [0.25, 0.3) is 0 Å². The third kappa shape index (κ3) is 3.72. The Morgan fingerprint density at radius 1 is 1.32 bits per heavy atom. The molecule has 0 bridgehead atoms. The zero-order valence-electron chi connectivity index (χ0n) is 14.9. The van der Waals surface area contributed by atoms with E-state index in [9.17, 15) is 9.59 Å². The highest BCUT2D eigenvalue weighted by Gasteiger charge is 2.23. The van der Waals surface area contributed by atoms with Crippen molar-refractivity contribution in [1.29, 1.82) is 0 Å². The van der Waals surface area contributed by atoms with Crippen LogP contribution in [0.15, 0.2) is 6.07 Å². The highest BCUT2D eigenvalue weighted by Crippen LogP contribution is 2.17. The zero-order valence-corrected chi connectivity index (χ0v) is 14.9. The molecule has 0 spiro atoms. The van der Waals surface area contributed by atoms with E-state index in [1.165, 1.54) is 0 Å². The second-order valence-corrected chi connectivity index (χ2v) is 6.39. The van der Waals surface area contributed by atoms with E-state index in [1.54, 1.807) is 0 Å². The molecule has 2 aromatic rings. The topological polar surface area (TPSA) is 95.9 Å². The number of aryl methyl sites for hydroxylation is 2. The van der Waals surface area contributed by atoms with E-state index in [2.05, 4.69) is 20.6 Å². The molecule has 0 radical (unpaired) electrons. The van der Waals surface area contributed by atoms with Gasteiger partial charge in [-0.15, -0.1) is 0 Å². The van der Waals surface area contributed by atoms with Crippen LogP contribution in [0, 0.1) is 13.8 Å². The second-order valence-electron chi connectivity index (χ2n) is 6.39. The van der Waals surface area contributed by atoms with Crippen molar-refractivity contribution in [2.24, 2.45) is 0 Å². The van der Waals surface area contributed by atoms with Crippen molar-refractivity contribution in [1.82, 2.24) is 30.2 Å². The summed E-state index contributed by atoms with van der Waals surface area (Å²) in [7, 11) is 0. The first kappa shape index (κ1) is 17.2. The molecule has 0 unspecified atom stereocenters. The SMILES string of the molecule is CCC(=O)NCc1cc2n(n1)CCN(C(=O)Cc1c(C)n[nH]c1C)C2. The lowest BCUT2D eigenvalue weighted by Gasteiger charge is -2.27. The van der Waals surface area contributed by atoms with Crippen LogP contribution in [-0.4, -0.2) is 43.2 Å². The molecule has 2 N–H and O–H groups in total. The van der Waals surface area contributed by atoms with Gasteiger partial charge < -0.3 is 10.2 Å². The van der Waals surface area contributed by atoms with Crippen LogP contribution in [0.3, 0.4) is 0 Å². The van der Waals surface area contributed by atoms with Gasteiger partial charge in [0.15, 0.2) is 0 Å². The maximum Gasteiger partial charge on any atom is 0.227 e. The molecule has 1 aliphatic heterocycles. The van der Waals surface area contributed by atoms with Gasteiger partial charge in [-0.1, -0.05) is 6.92 Å². The van der Waals surface area contributed by atoms with E-state index >= 15 is 0 Å². The summed E-state index contributed by atoms with van der Waals surface area (Å²) in [5.41, 5.74) is 4.63. The number of hydrogen-bond donors (Lipinski definition) is 2. The number of aromatic amines is 1. The van der Waals surface area contributed by atoms with Gasteiger partial charge in [0.05, 0.1) is 43.1 Å². The van der Waals surface area contributed by atoms with E-state index < -0.39 is 0 Å². The first-order chi connectivity index (χ1) is 12.0. The average molecular weight is 344 g/mol. The van der Waals surface area contributed by atoms with Gasteiger partial charge in [-0.25, -0.2) is 0 Å². The molecule has 8 nitrogen and oxygen atoms in total. The van der Waals surface area contributed by atoms with Crippen molar-refractivity contribution in [3.8, 4) is 0 Å². The van der Waals surface area contributed by atoms with E-state index in [1.807, 2.05) is 36.4 Å². The molecule has 0 saturated heterocycles. The fourth-order valence-corrected chi connectivity index (χ4v) is 3.04. The second kappa shape index (κ2) is 7.08. The van der Waals surface area contributed by atoms with Gasteiger partial charge in [0.25, 0.3) is 0 Å². The van der Waals surface area contributed by atoms with E-state index in [-0.39, 0.29) is 11.8 Å². The summed E-state index contributed by atoms with van der Waals surface area (Å²) in [6, 6.07) is 1.96. The van der Waals surface area contributed by atoms with Gasteiger partial charge in [0.2, 0.25) is 11.8 Å². The Morgan fingerprint density at radius 3 is 2.80 bits per heavy atom. The third-order valence-electron chi connectivity index (χ3n) is 4.60. The minimum Gasteiger partial charge on any atom is -0.350 e. The lowest BCUT2D eigenvalue weighted by atomic mass is 10.1. The largest absolute Gasteiger partial charge is 0.350 e. The summed E-state index contributed by atoms with van der Waals surface area (Å²) >= 11 is 0. The Balaban J connectivity index is 1.63. The number of H-pyrrole nitrogens is 1. The van der Waals surface area contributed by atoms with Crippen LogP contribution < -0.4 is 5.32 Å². The molecule has 2 amide bonds. The molecule has 0 atom stereocenters. The lowest BCUT2D eigenvalue weighted by Crippen LogP contribution is -2.39. The van der Waals surface area contributed by atoms with Gasteiger partial charge in [0.1, 0.15) is 0 Å². The molecular formula is C17H24N6O2. The summed E-state index contributed by atoms with van der Waals surface area (Å²) in [5.74, 6) is 0.106. The fraction of sp³-hybridized carbons (Fsp3) is 0.529. The highest BCUT2D eigenvalue weighted by molar-refractivity contribution is 5.79. The number of hydrogen-bond acceptors (Lipinski definition) is 4. The number of fused-ring (bicyclic) bond motifs is 1. The fourth-order valence-electron chi connectivity index (χ4n) is 3.04. The standard InChI is InChI=1S/C17H24N6O2/c1-4-16(24)18-9-13-7-14-10-22(5-6-23(14)21-13)17(25)8-15-11(2)19-20-12(15)3/h7H,4-6,8-10H2,1-3H3,(H,18,24)(H,19,20). The van der Waals surface area contributed by atoms with E-state index in [4.69, 9.17) is 0 Å². The van der Waals surface area contributed by atoms with Crippen LogP contribution in [0.2, 0.25) is 0 Å². The Bertz CT molecular complexity index is 772. The molecule has 2 aromatic heterocycles. The lowest BCUT2D eigenvalue weighted by molar-refractivity contribution is -0.132. The van der Waals surface area contributed by atoms with E-state index in [0.717, 1.165) is 28.3 Å². The number of nitrogens with zero attached hydrogens (tertiary/aromatic N) is 4. The van der Waals surface area contributed by atoms with Crippen LogP contribution in [-0.2, 0) is 35.6 Å². The van der Waals surface area contributed by atoms with Gasteiger partial charge in [-0.2, -0.15) is 10.2 Å². The smallest absolute Gasteiger partial charge is 0.227 e. The number of rotatable bonds is 5. The molecule has 0 aliphatic carbocycles. The van der Waals surface area contributed by atoms with Crippen LogP contribution in [0.1, 0.15) is 41.7 Å². The number of carbonyl (C=O) groups is 2.